The monoisotopic (exact) mass is 440 g/mol. The number of carbonyl (C=O) groups is 1. The van der Waals surface area contributed by atoms with E-state index in [-0.39, 0.29) is 18.2 Å². The maximum atomic E-state index is 13.6. The van der Waals surface area contributed by atoms with Gasteiger partial charge in [0.1, 0.15) is 0 Å². The Balaban J connectivity index is 1.63. The molecule has 5 heteroatoms. The van der Waals surface area contributed by atoms with Gasteiger partial charge in [-0.05, 0) is 73.4 Å². The van der Waals surface area contributed by atoms with Gasteiger partial charge in [0.2, 0.25) is 0 Å². The number of rotatable bonds is 6. The van der Waals surface area contributed by atoms with Crippen molar-refractivity contribution in [1.82, 2.24) is 4.90 Å². The van der Waals surface area contributed by atoms with E-state index in [9.17, 15) is 4.79 Å². The molecule has 0 spiro atoms. The number of hydrogen-bond acceptors (Lipinski definition) is 3. The first-order valence-corrected chi connectivity index (χ1v) is 11.2. The predicted octanol–water partition coefficient (Wildman–Crippen LogP) is 6.25. The number of anilines is 1. The van der Waals surface area contributed by atoms with Crippen molar-refractivity contribution in [3.8, 4) is 0 Å². The summed E-state index contributed by atoms with van der Waals surface area (Å²) < 4.78 is 0. The van der Waals surface area contributed by atoms with Crippen molar-refractivity contribution in [2.75, 3.05) is 32.0 Å². The standard InChI is InChI=1S/C25H26Cl2N2O/c1-29-11-9-18(10-12-29)25(23-8-4-6-17-5-2-3-7-22(17)23)24(30)16-28-21-14-19(26)13-20(27)15-21/h2-8,13-15,18,25,28H,9-12,16H2,1H3. The fraction of sp³-hybridized carbons (Fsp3) is 0.320. The van der Waals surface area contributed by atoms with E-state index < -0.39 is 0 Å². The first kappa shape index (κ1) is 21.2. The maximum absolute atomic E-state index is 13.6. The molecule has 0 saturated carbocycles. The normalized spacial score (nSPS) is 16.5. The number of ketones is 1. The molecule has 1 heterocycles. The molecule has 30 heavy (non-hydrogen) atoms. The van der Waals surface area contributed by atoms with Crippen molar-refractivity contribution in [3.63, 3.8) is 0 Å². The minimum atomic E-state index is -0.132. The van der Waals surface area contributed by atoms with Crippen molar-refractivity contribution >= 4 is 45.4 Å². The van der Waals surface area contributed by atoms with Gasteiger partial charge in [0.25, 0.3) is 0 Å². The van der Waals surface area contributed by atoms with Crippen molar-refractivity contribution < 1.29 is 4.79 Å². The quantitative estimate of drug-likeness (QED) is 0.491. The topological polar surface area (TPSA) is 32.3 Å². The van der Waals surface area contributed by atoms with Crippen LogP contribution in [0.2, 0.25) is 10.0 Å². The lowest BCUT2D eigenvalue weighted by Gasteiger charge is -2.34. The first-order valence-electron chi connectivity index (χ1n) is 10.4. The van der Waals surface area contributed by atoms with Gasteiger partial charge in [-0.15, -0.1) is 0 Å². The summed E-state index contributed by atoms with van der Waals surface area (Å²) >= 11 is 12.2. The largest absolute Gasteiger partial charge is 0.378 e. The Bertz CT molecular complexity index is 1020. The molecule has 0 bridgehead atoms. The van der Waals surface area contributed by atoms with Crippen molar-refractivity contribution in [2.45, 2.75) is 18.8 Å². The number of carbonyl (C=O) groups excluding carboxylic acids is 1. The zero-order valence-electron chi connectivity index (χ0n) is 17.1. The summed E-state index contributed by atoms with van der Waals surface area (Å²) in [6.07, 6.45) is 2.05. The average molecular weight is 441 g/mol. The van der Waals surface area contributed by atoms with Crippen LogP contribution in [-0.4, -0.2) is 37.4 Å². The second-order valence-electron chi connectivity index (χ2n) is 8.16. The third-order valence-corrected chi connectivity index (χ3v) is 6.51. The molecule has 1 aliphatic heterocycles. The van der Waals surface area contributed by atoms with Gasteiger partial charge in [0.15, 0.2) is 5.78 Å². The van der Waals surface area contributed by atoms with Gasteiger partial charge in [0.05, 0.1) is 6.54 Å². The molecule has 3 aromatic rings. The summed E-state index contributed by atoms with van der Waals surface area (Å²) in [4.78, 5) is 15.9. The van der Waals surface area contributed by atoms with E-state index in [1.54, 1.807) is 18.2 Å². The van der Waals surface area contributed by atoms with E-state index in [0.29, 0.717) is 16.0 Å². The Kier molecular flexibility index (Phi) is 6.62. The number of fused-ring (bicyclic) bond motifs is 1. The SMILES string of the molecule is CN1CCC(C(C(=O)CNc2cc(Cl)cc(Cl)c2)c2cccc3ccccc23)CC1. The molecule has 0 amide bonds. The number of halogens is 2. The van der Waals surface area contributed by atoms with Gasteiger partial charge in [-0.2, -0.15) is 0 Å². The fourth-order valence-electron chi connectivity index (χ4n) is 4.53. The molecule has 0 aromatic heterocycles. The van der Waals surface area contributed by atoms with E-state index in [0.717, 1.165) is 37.2 Å². The number of nitrogens with zero attached hydrogens (tertiary/aromatic N) is 1. The lowest BCUT2D eigenvalue weighted by Crippen LogP contribution is -2.36. The molecule has 1 fully saturated rings. The van der Waals surface area contributed by atoms with Gasteiger partial charge >= 0.3 is 0 Å². The van der Waals surface area contributed by atoms with Crippen LogP contribution in [0.25, 0.3) is 10.8 Å². The zero-order valence-corrected chi connectivity index (χ0v) is 18.6. The highest BCUT2D eigenvalue weighted by molar-refractivity contribution is 6.35. The summed E-state index contributed by atoms with van der Waals surface area (Å²) in [5.74, 6) is 0.410. The minimum Gasteiger partial charge on any atom is -0.378 e. The number of benzene rings is 3. The van der Waals surface area contributed by atoms with E-state index in [4.69, 9.17) is 23.2 Å². The number of Topliss-reactive ketones (excluding diaryl/α,β-unsaturated/α-hetero) is 1. The number of piperidine rings is 1. The Morgan fingerprint density at radius 1 is 1.03 bits per heavy atom. The smallest absolute Gasteiger partial charge is 0.159 e. The highest BCUT2D eigenvalue weighted by Crippen LogP contribution is 2.37. The zero-order chi connectivity index (χ0) is 21.1. The van der Waals surface area contributed by atoms with Gasteiger partial charge in [-0.25, -0.2) is 0 Å². The lowest BCUT2D eigenvalue weighted by molar-refractivity contribution is -0.120. The third kappa shape index (κ3) is 4.80. The average Bonchev–Trinajstić information content (AvgIpc) is 2.73. The van der Waals surface area contributed by atoms with Crippen LogP contribution in [0.3, 0.4) is 0 Å². The summed E-state index contributed by atoms with van der Waals surface area (Å²) in [7, 11) is 2.15. The van der Waals surface area contributed by atoms with Crippen LogP contribution < -0.4 is 5.32 Å². The van der Waals surface area contributed by atoms with Crippen LogP contribution in [0.5, 0.6) is 0 Å². The second kappa shape index (κ2) is 9.38. The summed E-state index contributed by atoms with van der Waals surface area (Å²) in [6, 6.07) is 19.9. The molecule has 1 saturated heterocycles. The highest BCUT2D eigenvalue weighted by Gasteiger charge is 2.32. The van der Waals surface area contributed by atoms with E-state index in [1.807, 2.05) is 12.1 Å². The van der Waals surface area contributed by atoms with Crippen molar-refractivity contribution in [1.29, 1.82) is 0 Å². The Labute approximate surface area is 188 Å². The van der Waals surface area contributed by atoms with Crippen LogP contribution in [0.4, 0.5) is 5.69 Å². The molecular weight excluding hydrogens is 415 g/mol. The van der Waals surface area contributed by atoms with Gasteiger partial charge in [-0.3, -0.25) is 4.79 Å². The Morgan fingerprint density at radius 2 is 1.70 bits per heavy atom. The summed E-state index contributed by atoms with van der Waals surface area (Å²) in [6.45, 7) is 2.30. The van der Waals surface area contributed by atoms with E-state index in [2.05, 4.69) is 47.6 Å². The molecule has 3 nitrogen and oxygen atoms in total. The molecule has 1 N–H and O–H groups in total. The first-order chi connectivity index (χ1) is 14.5. The lowest BCUT2D eigenvalue weighted by atomic mass is 9.76. The number of likely N-dealkylation sites (tertiary alicyclic amines) is 1. The van der Waals surface area contributed by atoms with Crippen LogP contribution in [-0.2, 0) is 4.79 Å². The molecule has 3 aromatic carbocycles. The molecule has 0 radical (unpaired) electrons. The molecule has 1 atom stereocenters. The second-order valence-corrected chi connectivity index (χ2v) is 9.04. The van der Waals surface area contributed by atoms with Gasteiger partial charge in [-0.1, -0.05) is 65.7 Å². The minimum absolute atomic E-state index is 0.132. The molecular formula is C25H26Cl2N2O. The van der Waals surface area contributed by atoms with Crippen LogP contribution in [0.15, 0.2) is 60.7 Å². The van der Waals surface area contributed by atoms with E-state index >= 15 is 0 Å². The summed E-state index contributed by atoms with van der Waals surface area (Å²) in [5.41, 5.74) is 1.90. The Hall–Kier alpha value is -2.07. The predicted molar refractivity (Wildman–Crippen MR) is 127 cm³/mol. The third-order valence-electron chi connectivity index (χ3n) is 6.07. The number of hydrogen-bond donors (Lipinski definition) is 1. The Morgan fingerprint density at radius 3 is 2.43 bits per heavy atom. The molecule has 4 rings (SSSR count). The van der Waals surface area contributed by atoms with Crippen LogP contribution in [0.1, 0.15) is 24.3 Å². The molecule has 1 unspecified atom stereocenters. The molecule has 156 valence electrons. The van der Waals surface area contributed by atoms with Gasteiger partial charge < -0.3 is 10.2 Å². The molecule has 1 aliphatic rings. The van der Waals surface area contributed by atoms with E-state index in [1.165, 1.54) is 10.8 Å². The molecule has 0 aliphatic carbocycles. The van der Waals surface area contributed by atoms with Crippen LogP contribution in [0, 0.1) is 5.92 Å². The highest BCUT2D eigenvalue weighted by atomic mass is 35.5. The van der Waals surface area contributed by atoms with Gasteiger partial charge in [0, 0.05) is 21.7 Å². The fourth-order valence-corrected chi connectivity index (χ4v) is 5.05. The number of nitrogens with one attached hydrogen (secondary N) is 1. The van der Waals surface area contributed by atoms with Crippen molar-refractivity contribution in [3.05, 3.63) is 76.3 Å². The maximum Gasteiger partial charge on any atom is 0.159 e. The van der Waals surface area contributed by atoms with Crippen LogP contribution >= 0.6 is 23.2 Å². The summed E-state index contributed by atoms with van der Waals surface area (Å²) in [5, 5.41) is 6.70. The van der Waals surface area contributed by atoms with Crippen molar-refractivity contribution in [2.24, 2.45) is 5.92 Å².